The lowest BCUT2D eigenvalue weighted by Crippen LogP contribution is -2.24. The van der Waals surface area contributed by atoms with Crippen molar-refractivity contribution in [3.8, 4) is 0 Å². The van der Waals surface area contributed by atoms with Crippen molar-refractivity contribution in [3.63, 3.8) is 0 Å². The predicted molar refractivity (Wildman–Crippen MR) is 73.6 cm³/mol. The largest absolute Gasteiger partial charge is 0.345 e. The third-order valence-electron chi connectivity index (χ3n) is 3.03. The first kappa shape index (κ1) is 13.2. The van der Waals surface area contributed by atoms with Crippen LogP contribution < -0.4 is 5.32 Å². The molecule has 0 aliphatic carbocycles. The van der Waals surface area contributed by atoms with Gasteiger partial charge in [-0.25, -0.2) is 13.8 Å². The minimum absolute atomic E-state index is 0.129. The monoisotopic (exact) mass is 287 g/mol. The summed E-state index contributed by atoms with van der Waals surface area (Å²) in [4.78, 5) is 19.2. The summed E-state index contributed by atoms with van der Waals surface area (Å²) in [6, 6.07) is 10.3. The summed E-state index contributed by atoms with van der Waals surface area (Å²) in [7, 11) is 0. The number of halogens is 2. The first-order chi connectivity index (χ1) is 10.1. The number of hydrogen-bond acceptors (Lipinski definition) is 2. The van der Waals surface area contributed by atoms with Gasteiger partial charge in [-0.1, -0.05) is 12.1 Å². The second-order valence-corrected chi connectivity index (χ2v) is 4.51. The van der Waals surface area contributed by atoms with E-state index in [2.05, 4.69) is 15.3 Å². The van der Waals surface area contributed by atoms with Gasteiger partial charge in [-0.15, -0.1) is 0 Å². The van der Waals surface area contributed by atoms with E-state index in [1.807, 2.05) is 24.3 Å². The molecule has 0 bridgehead atoms. The van der Waals surface area contributed by atoms with Gasteiger partial charge in [-0.3, -0.25) is 4.79 Å². The maximum atomic E-state index is 13.5. The average molecular weight is 287 g/mol. The van der Waals surface area contributed by atoms with Crippen LogP contribution in [0.25, 0.3) is 11.0 Å². The summed E-state index contributed by atoms with van der Waals surface area (Å²) in [5.74, 6) is -1.67. The molecular formula is C15H11F2N3O. The highest BCUT2D eigenvalue weighted by Gasteiger charge is 2.12. The molecule has 0 atom stereocenters. The van der Waals surface area contributed by atoms with Crippen LogP contribution >= 0.6 is 0 Å². The van der Waals surface area contributed by atoms with Crippen molar-refractivity contribution in [2.75, 3.05) is 0 Å². The lowest BCUT2D eigenvalue weighted by molar-refractivity contribution is 0.0946. The molecular weight excluding hydrogens is 276 g/mol. The first-order valence-corrected chi connectivity index (χ1v) is 6.30. The van der Waals surface area contributed by atoms with Crippen LogP contribution in [0.1, 0.15) is 16.2 Å². The number of benzene rings is 2. The highest BCUT2D eigenvalue weighted by molar-refractivity contribution is 5.94. The van der Waals surface area contributed by atoms with Crippen LogP contribution in [0.3, 0.4) is 0 Å². The zero-order valence-corrected chi connectivity index (χ0v) is 10.9. The smallest absolute Gasteiger partial charge is 0.254 e. The number of carbonyl (C=O) groups is 1. The van der Waals surface area contributed by atoms with Crippen LogP contribution in [0.4, 0.5) is 8.78 Å². The summed E-state index contributed by atoms with van der Waals surface area (Å²) >= 11 is 0. The van der Waals surface area contributed by atoms with Crippen LogP contribution in [-0.2, 0) is 6.54 Å². The van der Waals surface area contributed by atoms with Crippen molar-refractivity contribution >= 4 is 16.9 Å². The van der Waals surface area contributed by atoms with Crippen molar-refractivity contribution in [1.82, 2.24) is 15.3 Å². The number of rotatable bonds is 3. The van der Waals surface area contributed by atoms with Gasteiger partial charge in [-0.05, 0) is 24.3 Å². The Hall–Kier alpha value is -2.76. The molecule has 0 unspecified atom stereocenters. The number of H-pyrrole nitrogens is 1. The molecule has 106 valence electrons. The van der Waals surface area contributed by atoms with E-state index in [1.165, 1.54) is 0 Å². The molecule has 0 aliphatic heterocycles. The molecule has 1 amide bonds. The minimum Gasteiger partial charge on any atom is -0.345 e. The number of fused-ring (bicyclic) bond motifs is 1. The van der Waals surface area contributed by atoms with E-state index >= 15 is 0 Å². The van der Waals surface area contributed by atoms with Gasteiger partial charge in [0.25, 0.3) is 5.91 Å². The number of amides is 1. The summed E-state index contributed by atoms with van der Waals surface area (Å²) in [5.41, 5.74) is 1.44. The van der Waals surface area contributed by atoms with Gasteiger partial charge in [0.2, 0.25) is 0 Å². The van der Waals surface area contributed by atoms with Crippen molar-refractivity contribution in [2.24, 2.45) is 0 Å². The van der Waals surface area contributed by atoms with E-state index in [-0.39, 0.29) is 12.1 Å². The van der Waals surface area contributed by atoms with Gasteiger partial charge < -0.3 is 10.3 Å². The minimum atomic E-state index is -0.892. The van der Waals surface area contributed by atoms with Gasteiger partial charge in [0.05, 0.1) is 23.1 Å². The number of carbonyl (C=O) groups excluding carboxylic acids is 1. The Morgan fingerprint density at radius 3 is 2.76 bits per heavy atom. The Balaban J connectivity index is 1.73. The van der Waals surface area contributed by atoms with Gasteiger partial charge in [0.1, 0.15) is 17.5 Å². The number of aromatic amines is 1. The number of nitrogens with zero attached hydrogens (tertiary/aromatic N) is 1. The van der Waals surface area contributed by atoms with E-state index in [9.17, 15) is 13.6 Å². The molecule has 2 N–H and O–H groups in total. The Morgan fingerprint density at radius 1 is 1.19 bits per heavy atom. The Labute approximate surface area is 118 Å². The van der Waals surface area contributed by atoms with Crippen LogP contribution in [0.2, 0.25) is 0 Å². The number of hydrogen-bond donors (Lipinski definition) is 2. The van der Waals surface area contributed by atoms with E-state index in [0.29, 0.717) is 11.9 Å². The van der Waals surface area contributed by atoms with Gasteiger partial charge in [0, 0.05) is 6.07 Å². The number of aromatic nitrogens is 2. The summed E-state index contributed by atoms with van der Waals surface area (Å²) in [6.45, 7) is 0.129. The molecule has 4 nitrogen and oxygen atoms in total. The van der Waals surface area contributed by atoms with Crippen LogP contribution in [0, 0.1) is 11.6 Å². The normalized spacial score (nSPS) is 10.8. The predicted octanol–water partition coefficient (Wildman–Crippen LogP) is 2.77. The highest BCUT2D eigenvalue weighted by atomic mass is 19.1. The number of para-hydroxylation sites is 2. The number of imidazole rings is 1. The molecule has 21 heavy (non-hydrogen) atoms. The second-order valence-electron chi connectivity index (χ2n) is 4.51. The molecule has 0 aliphatic rings. The third-order valence-corrected chi connectivity index (χ3v) is 3.03. The van der Waals surface area contributed by atoms with Crippen molar-refractivity contribution < 1.29 is 13.6 Å². The molecule has 0 fully saturated rings. The Kier molecular flexibility index (Phi) is 3.35. The standard InChI is InChI=1S/C15H11F2N3O/c16-9-5-6-10(11(17)7-9)15(21)18-8-14-19-12-3-1-2-4-13(12)20-14/h1-7H,8H2,(H,18,21)(H,19,20). The number of nitrogens with one attached hydrogen (secondary N) is 2. The summed E-state index contributed by atoms with van der Waals surface area (Å²) < 4.78 is 26.3. The zero-order valence-electron chi connectivity index (χ0n) is 10.9. The van der Waals surface area contributed by atoms with Crippen LogP contribution in [0.15, 0.2) is 42.5 Å². The maximum Gasteiger partial charge on any atom is 0.254 e. The topological polar surface area (TPSA) is 57.8 Å². The molecule has 3 rings (SSSR count). The highest BCUT2D eigenvalue weighted by Crippen LogP contribution is 2.11. The van der Waals surface area contributed by atoms with Gasteiger partial charge >= 0.3 is 0 Å². The van der Waals surface area contributed by atoms with Gasteiger partial charge in [-0.2, -0.15) is 0 Å². The molecule has 3 aromatic rings. The fourth-order valence-corrected chi connectivity index (χ4v) is 2.02. The molecule has 0 saturated heterocycles. The van der Waals surface area contributed by atoms with Crippen LogP contribution in [-0.4, -0.2) is 15.9 Å². The van der Waals surface area contributed by atoms with E-state index in [0.717, 1.165) is 23.2 Å². The average Bonchev–Trinajstić information content (AvgIpc) is 2.87. The van der Waals surface area contributed by atoms with E-state index < -0.39 is 17.5 Å². The molecule has 0 saturated carbocycles. The quantitative estimate of drug-likeness (QED) is 0.778. The Morgan fingerprint density at radius 2 is 2.00 bits per heavy atom. The van der Waals surface area contributed by atoms with Crippen molar-refractivity contribution in [3.05, 3.63) is 65.5 Å². The van der Waals surface area contributed by atoms with E-state index in [1.54, 1.807) is 0 Å². The Bertz CT molecular complexity index is 781. The molecule has 0 spiro atoms. The molecule has 6 heteroatoms. The van der Waals surface area contributed by atoms with E-state index in [4.69, 9.17) is 0 Å². The third kappa shape index (κ3) is 2.74. The van der Waals surface area contributed by atoms with Gasteiger partial charge in [0.15, 0.2) is 0 Å². The van der Waals surface area contributed by atoms with Crippen LogP contribution in [0.5, 0.6) is 0 Å². The second kappa shape index (κ2) is 5.32. The lowest BCUT2D eigenvalue weighted by atomic mass is 10.2. The zero-order chi connectivity index (χ0) is 14.8. The SMILES string of the molecule is O=C(NCc1nc2ccccc2[nH]1)c1ccc(F)cc1F. The molecule has 1 heterocycles. The summed E-state index contributed by atoms with van der Waals surface area (Å²) in [6.07, 6.45) is 0. The van der Waals surface area contributed by atoms with Crippen molar-refractivity contribution in [1.29, 1.82) is 0 Å². The molecule has 2 aromatic carbocycles. The molecule has 1 aromatic heterocycles. The molecule has 0 radical (unpaired) electrons. The summed E-state index contributed by atoms with van der Waals surface area (Å²) in [5, 5.41) is 2.54. The first-order valence-electron chi connectivity index (χ1n) is 6.30. The fourth-order valence-electron chi connectivity index (χ4n) is 2.02. The fraction of sp³-hybridized carbons (Fsp3) is 0.0667. The lowest BCUT2D eigenvalue weighted by Gasteiger charge is -2.04. The van der Waals surface area contributed by atoms with Crippen molar-refractivity contribution in [2.45, 2.75) is 6.54 Å². The maximum absolute atomic E-state index is 13.5.